The number of phenols is 1. The molecule has 1 aliphatic rings. The number of benzene rings is 2. The molecule has 136 valence electrons. The Morgan fingerprint density at radius 2 is 1.73 bits per heavy atom. The van der Waals surface area contributed by atoms with Crippen LogP contribution in [0.5, 0.6) is 17.2 Å². The van der Waals surface area contributed by atoms with Crippen molar-refractivity contribution < 1.29 is 19.4 Å². The standard InChI is InChI=1S/C18H16I2N2O4/c1-2-18(16(24)21-17(25)22-18)9-10-7-13(19)15(14(20)8-10)26-12-5-3-11(23)4-6-12/h3-8,23H,2,9H2,1H3,(H2,21,22,24,25). The van der Waals surface area contributed by atoms with E-state index in [2.05, 4.69) is 55.8 Å². The minimum Gasteiger partial charge on any atom is -0.508 e. The van der Waals surface area contributed by atoms with Crippen LogP contribution >= 0.6 is 45.2 Å². The molecular weight excluding hydrogens is 562 g/mol. The summed E-state index contributed by atoms with van der Waals surface area (Å²) in [6, 6.07) is 9.97. The minimum absolute atomic E-state index is 0.179. The lowest BCUT2D eigenvalue weighted by atomic mass is 9.88. The molecular formula is C18H16I2N2O4. The van der Waals surface area contributed by atoms with Gasteiger partial charge in [-0.3, -0.25) is 10.1 Å². The summed E-state index contributed by atoms with van der Waals surface area (Å²) in [5.74, 6) is 1.23. The van der Waals surface area contributed by atoms with E-state index in [1.807, 2.05) is 19.1 Å². The van der Waals surface area contributed by atoms with Gasteiger partial charge in [-0.15, -0.1) is 0 Å². The Kier molecular flexibility index (Phi) is 5.61. The third-order valence-electron chi connectivity index (χ3n) is 4.24. The van der Waals surface area contributed by atoms with E-state index < -0.39 is 11.6 Å². The predicted octanol–water partition coefficient (Wildman–Crippen LogP) is 3.92. The predicted molar refractivity (Wildman–Crippen MR) is 113 cm³/mol. The first-order valence-corrected chi connectivity index (χ1v) is 10.1. The van der Waals surface area contributed by atoms with Gasteiger partial charge in [0.25, 0.3) is 5.91 Å². The number of carbonyl (C=O) groups is 2. The van der Waals surface area contributed by atoms with Crippen molar-refractivity contribution in [2.24, 2.45) is 0 Å². The van der Waals surface area contributed by atoms with E-state index in [9.17, 15) is 14.7 Å². The number of urea groups is 1. The second-order valence-corrected chi connectivity index (χ2v) is 8.33. The molecule has 3 amide bonds. The van der Waals surface area contributed by atoms with E-state index in [0.29, 0.717) is 24.3 Å². The molecule has 1 heterocycles. The maximum absolute atomic E-state index is 12.2. The van der Waals surface area contributed by atoms with Crippen molar-refractivity contribution in [2.75, 3.05) is 0 Å². The number of hydrogen-bond acceptors (Lipinski definition) is 4. The van der Waals surface area contributed by atoms with Crippen molar-refractivity contribution >= 4 is 57.1 Å². The van der Waals surface area contributed by atoms with Crippen molar-refractivity contribution in [1.82, 2.24) is 10.6 Å². The summed E-state index contributed by atoms with van der Waals surface area (Å²) in [6.45, 7) is 1.88. The Bertz CT molecular complexity index is 847. The number of phenolic OH excluding ortho intramolecular Hbond substituents is 1. The quantitative estimate of drug-likeness (QED) is 0.371. The highest BCUT2D eigenvalue weighted by Crippen LogP contribution is 2.34. The number of aromatic hydroxyl groups is 1. The van der Waals surface area contributed by atoms with E-state index in [1.165, 1.54) is 0 Å². The fourth-order valence-corrected chi connectivity index (χ4v) is 4.94. The van der Waals surface area contributed by atoms with E-state index >= 15 is 0 Å². The first-order valence-electron chi connectivity index (χ1n) is 7.91. The molecule has 6 nitrogen and oxygen atoms in total. The highest BCUT2D eigenvalue weighted by molar-refractivity contribution is 14.1. The van der Waals surface area contributed by atoms with Crippen LogP contribution < -0.4 is 15.4 Å². The van der Waals surface area contributed by atoms with Gasteiger partial charge in [-0.05, 0) is 93.6 Å². The highest BCUT2D eigenvalue weighted by Gasteiger charge is 2.44. The molecule has 1 atom stereocenters. The smallest absolute Gasteiger partial charge is 0.322 e. The van der Waals surface area contributed by atoms with Gasteiger partial charge in [0, 0.05) is 6.42 Å². The number of hydrogen-bond donors (Lipinski definition) is 3. The SMILES string of the molecule is CCC1(Cc2cc(I)c(Oc3ccc(O)cc3)c(I)c2)NC(=O)NC1=O. The van der Waals surface area contributed by atoms with Crippen LogP contribution in [0.3, 0.4) is 0 Å². The molecule has 2 aromatic rings. The van der Waals surface area contributed by atoms with Crippen LogP contribution in [0.25, 0.3) is 0 Å². The number of carbonyl (C=O) groups excluding carboxylic acids is 2. The Balaban J connectivity index is 1.86. The van der Waals surface area contributed by atoms with Crippen LogP contribution in [0.4, 0.5) is 4.79 Å². The summed E-state index contributed by atoms with van der Waals surface area (Å²) < 4.78 is 7.73. The molecule has 1 fully saturated rings. The first-order chi connectivity index (χ1) is 12.3. The molecule has 3 rings (SSSR count). The van der Waals surface area contributed by atoms with Crippen LogP contribution in [0, 0.1) is 7.14 Å². The van der Waals surface area contributed by atoms with Gasteiger partial charge in [-0.25, -0.2) is 4.79 Å². The Hall–Kier alpha value is -1.56. The lowest BCUT2D eigenvalue weighted by Gasteiger charge is -2.25. The van der Waals surface area contributed by atoms with Crippen molar-refractivity contribution in [3.8, 4) is 17.2 Å². The van der Waals surface area contributed by atoms with Crippen molar-refractivity contribution in [3.05, 3.63) is 49.1 Å². The number of amides is 3. The molecule has 3 N–H and O–H groups in total. The zero-order chi connectivity index (χ0) is 18.9. The Morgan fingerprint density at radius 1 is 1.12 bits per heavy atom. The highest BCUT2D eigenvalue weighted by atomic mass is 127. The number of rotatable bonds is 5. The lowest BCUT2D eigenvalue weighted by Crippen LogP contribution is -2.48. The van der Waals surface area contributed by atoms with Gasteiger partial charge < -0.3 is 15.2 Å². The average Bonchev–Trinajstić information content (AvgIpc) is 2.86. The average molecular weight is 578 g/mol. The summed E-state index contributed by atoms with van der Waals surface area (Å²) >= 11 is 4.38. The van der Waals surface area contributed by atoms with Crippen molar-refractivity contribution in [3.63, 3.8) is 0 Å². The van der Waals surface area contributed by atoms with Gasteiger partial charge in [0.2, 0.25) is 0 Å². The van der Waals surface area contributed by atoms with E-state index in [0.717, 1.165) is 12.7 Å². The third-order valence-corrected chi connectivity index (χ3v) is 5.84. The van der Waals surface area contributed by atoms with E-state index in [4.69, 9.17) is 4.74 Å². The molecule has 0 saturated carbocycles. The molecule has 0 aromatic heterocycles. The van der Waals surface area contributed by atoms with Crippen molar-refractivity contribution in [1.29, 1.82) is 0 Å². The fourth-order valence-electron chi connectivity index (χ4n) is 2.82. The van der Waals surface area contributed by atoms with Gasteiger partial charge >= 0.3 is 6.03 Å². The fraction of sp³-hybridized carbons (Fsp3) is 0.222. The zero-order valence-corrected chi connectivity index (χ0v) is 18.1. The summed E-state index contributed by atoms with van der Waals surface area (Å²) in [5.41, 5.74) is 0.0267. The summed E-state index contributed by atoms with van der Waals surface area (Å²) in [4.78, 5) is 23.8. The largest absolute Gasteiger partial charge is 0.508 e. The monoisotopic (exact) mass is 578 g/mol. The van der Waals surface area contributed by atoms with E-state index in [-0.39, 0.29) is 11.7 Å². The second kappa shape index (κ2) is 7.59. The van der Waals surface area contributed by atoms with Crippen LogP contribution in [0.15, 0.2) is 36.4 Å². The molecule has 2 aromatic carbocycles. The number of imide groups is 1. The van der Waals surface area contributed by atoms with Crippen LogP contribution in [0.2, 0.25) is 0 Å². The van der Waals surface area contributed by atoms with Crippen molar-refractivity contribution in [2.45, 2.75) is 25.3 Å². The normalized spacial score (nSPS) is 19.2. The van der Waals surface area contributed by atoms with Crippen LogP contribution in [0.1, 0.15) is 18.9 Å². The van der Waals surface area contributed by atoms with Gasteiger partial charge in [-0.1, -0.05) is 6.92 Å². The topological polar surface area (TPSA) is 87.7 Å². The summed E-state index contributed by atoms with van der Waals surface area (Å²) in [7, 11) is 0. The molecule has 0 radical (unpaired) electrons. The summed E-state index contributed by atoms with van der Waals surface area (Å²) in [5, 5.41) is 14.4. The molecule has 0 bridgehead atoms. The molecule has 0 spiro atoms. The van der Waals surface area contributed by atoms with Gasteiger partial charge in [-0.2, -0.15) is 0 Å². The molecule has 26 heavy (non-hydrogen) atoms. The molecule has 1 aliphatic heterocycles. The maximum Gasteiger partial charge on any atom is 0.322 e. The molecule has 8 heteroatoms. The second-order valence-electron chi connectivity index (χ2n) is 6.01. The Labute approximate surface area is 178 Å². The molecule has 0 aliphatic carbocycles. The summed E-state index contributed by atoms with van der Waals surface area (Å²) in [6.07, 6.45) is 0.913. The minimum atomic E-state index is -0.914. The van der Waals surface area contributed by atoms with Gasteiger partial charge in [0.15, 0.2) is 5.75 Å². The van der Waals surface area contributed by atoms with E-state index in [1.54, 1.807) is 24.3 Å². The number of nitrogens with one attached hydrogen (secondary N) is 2. The molecule has 1 saturated heterocycles. The van der Waals surface area contributed by atoms with Gasteiger partial charge in [0.1, 0.15) is 17.0 Å². The van der Waals surface area contributed by atoms with Gasteiger partial charge in [0.05, 0.1) is 7.14 Å². The van der Waals surface area contributed by atoms with Crippen LogP contribution in [-0.4, -0.2) is 22.6 Å². The van der Waals surface area contributed by atoms with Crippen LogP contribution in [-0.2, 0) is 11.2 Å². The number of halogens is 2. The molecule has 1 unspecified atom stereocenters. The Morgan fingerprint density at radius 3 is 2.23 bits per heavy atom. The zero-order valence-electron chi connectivity index (χ0n) is 13.8. The first kappa shape index (κ1) is 19.2. The third kappa shape index (κ3) is 3.90. The number of ether oxygens (including phenoxy) is 1. The lowest BCUT2D eigenvalue weighted by molar-refractivity contribution is -0.124. The maximum atomic E-state index is 12.2.